The van der Waals surface area contributed by atoms with E-state index in [1.165, 1.54) is 5.56 Å². The van der Waals surface area contributed by atoms with Crippen molar-refractivity contribution >= 4 is 22.7 Å². The van der Waals surface area contributed by atoms with Crippen LogP contribution in [0.15, 0.2) is 22.2 Å². The highest BCUT2D eigenvalue weighted by molar-refractivity contribution is 7.09. The number of thiophene rings is 1. The van der Waals surface area contributed by atoms with Gasteiger partial charge in [-0.1, -0.05) is 0 Å². The summed E-state index contributed by atoms with van der Waals surface area (Å²) in [5.74, 6) is 0. The van der Waals surface area contributed by atoms with Crippen LogP contribution in [0.2, 0.25) is 0 Å². The molecule has 1 spiro atoms. The molecule has 136 valence electrons. The number of ether oxygens (including phenoxy) is 2. The maximum atomic E-state index is 6.29. The zero-order chi connectivity index (χ0) is 17.1. The minimum absolute atomic E-state index is 0.226. The van der Waals surface area contributed by atoms with E-state index in [4.69, 9.17) is 9.47 Å². The van der Waals surface area contributed by atoms with Gasteiger partial charge in [-0.3, -0.25) is 9.80 Å². The zero-order valence-electron chi connectivity index (χ0n) is 14.6. The molecule has 0 bridgehead atoms. The second kappa shape index (κ2) is 7.82. The number of nitrogens with zero attached hydrogens (tertiary/aromatic N) is 3. The molecule has 2 fully saturated rings. The van der Waals surface area contributed by atoms with Gasteiger partial charge in [0, 0.05) is 44.6 Å². The molecule has 2 aliphatic heterocycles. The van der Waals surface area contributed by atoms with Gasteiger partial charge < -0.3 is 9.47 Å². The van der Waals surface area contributed by atoms with Gasteiger partial charge in [-0.2, -0.15) is 11.3 Å². The second-order valence-corrected chi connectivity index (χ2v) is 8.84. The van der Waals surface area contributed by atoms with E-state index < -0.39 is 0 Å². The second-order valence-electron chi connectivity index (χ2n) is 6.99. The Morgan fingerprint density at radius 2 is 2.00 bits per heavy atom. The Kier molecular flexibility index (Phi) is 5.50. The minimum Gasteiger partial charge on any atom is -0.377 e. The van der Waals surface area contributed by atoms with Crippen molar-refractivity contribution in [1.29, 1.82) is 0 Å². The van der Waals surface area contributed by atoms with Gasteiger partial charge in [-0.25, -0.2) is 4.98 Å². The third-order valence-corrected chi connectivity index (χ3v) is 6.35. The van der Waals surface area contributed by atoms with E-state index in [0.717, 1.165) is 63.2 Å². The average molecular weight is 380 g/mol. The minimum atomic E-state index is -0.226. The van der Waals surface area contributed by atoms with Crippen LogP contribution in [0.4, 0.5) is 0 Å². The fraction of sp³-hybridized carbons (Fsp3) is 0.611. The van der Waals surface area contributed by atoms with Gasteiger partial charge >= 0.3 is 0 Å². The monoisotopic (exact) mass is 379 g/mol. The molecule has 2 saturated heterocycles. The molecule has 2 aliphatic rings. The molecule has 0 aliphatic carbocycles. The average Bonchev–Trinajstić information content (AvgIpc) is 3.19. The van der Waals surface area contributed by atoms with Gasteiger partial charge in [0.25, 0.3) is 0 Å². The van der Waals surface area contributed by atoms with Crippen LogP contribution in [0.3, 0.4) is 0 Å². The van der Waals surface area contributed by atoms with E-state index in [1.807, 2.05) is 0 Å². The summed E-state index contributed by atoms with van der Waals surface area (Å²) in [5.41, 5.74) is 2.33. The van der Waals surface area contributed by atoms with Gasteiger partial charge in [0.2, 0.25) is 0 Å². The summed E-state index contributed by atoms with van der Waals surface area (Å²) in [6.07, 6.45) is 0. The first-order valence-electron chi connectivity index (χ1n) is 8.79. The summed E-state index contributed by atoms with van der Waals surface area (Å²) in [5, 5.41) is 7.69. The SMILES string of the molecule is Cc1nc(CN2CCOC[C@]3(CN(Cc4ccsc4)CCO3)C2)cs1. The maximum absolute atomic E-state index is 6.29. The molecule has 0 N–H and O–H groups in total. The summed E-state index contributed by atoms with van der Waals surface area (Å²) in [4.78, 5) is 9.57. The maximum Gasteiger partial charge on any atom is 0.117 e. The molecule has 0 unspecified atom stereocenters. The lowest BCUT2D eigenvalue weighted by molar-refractivity contribution is -0.143. The van der Waals surface area contributed by atoms with Gasteiger partial charge in [0.15, 0.2) is 0 Å². The fourth-order valence-electron chi connectivity index (χ4n) is 3.71. The van der Waals surface area contributed by atoms with E-state index >= 15 is 0 Å². The summed E-state index contributed by atoms with van der Waals surface area (Å²) in [6, 6.07) is 2.22. The molecule has 5 nitrogen and oxygen atoms in total. The summed E-state index contributed by atoms with van der Waals surface area (Å²) in [6.45, 7) is 9.92. The molecular formula is C18H25N3O2S2. The van der Waals surface area contributed by atoms with Crippen LogP contribution < -0.4 is 0 Å². The molecule has 0 saturated carbocycles. The van der Waals surface area contributed by atoms with Crippen LogP contribution in [-0.2, 0) is 22.6 Å². The standard InChI is InChI=1S/C18H25N3O2S2/c1-15-19-17(11-25-15)9-21-3-5-22-14-18(13-21)12-20(4-6-23-18)8-16-2-7-24-10-16/h2,7,10-11H,3-6,8-9,12-14H2,1H3/t18-/m0/s1. The van der Waals surface area contributed by atoms with Crippen LogP contribution in [0.25, 0.3) is 0 Å². The van der Waals surface area contributed by atoms with Gasteiger partial charge in [-0.05, 0) is 29.3 Å². The predicted octanol–water partition coefficient (Wildman–Crippen LogP) is 2.62. The van der Waals surface area contributed by atoms with Crippen LogP contribution in [0.1, 0.15) is 16.3 Å². The molecule has 2 aromatic rings. The highest BCUT2D eigenvalue weighted by Crippen LogP contribution is 2.25. The summed E-state index contributed by atoms with van der Waals surface area (Å²) < 4.78 is 12.2. The number of hydrogen-bond donors (Lipinski definition) is 0. The normalized spacial score (nSPS) is 26.1. The molecule has 0 radical (unpaired) electrons. The molecule has 0 amide bonds. The molecule has 1 atom stereocenters. The lowest BCUT2D eigenvalue weighted by Gasteiger charge is -2.43. The Morgan fingerprint density at radius 3 is 2.76 bits per heavy atom. The first-order chi connectivity index (χ1) is 12.2. The Bertz CT molecular complexity index is 676. The molecule has 7 heteroatoms. The first-order valence-corrected chi connectivity index (χ1v) is 10.6. The quantitative estimate of drug-likeness (QED) is 0.816. The van der Waals surface area contributed by atoms with Crippen LogP contribution in [-0.4, -0.2) is 66.4 Å². The number of aryl methyl sites for hydroxylation is 1. The Labute approximate surface area is 157 Å². The van der Waals surface area contributed by atoms with Crippen molar-refractivity contribution in [3.63, 3.8) is 0 Å². The van der Waals surface area contributed by atoms with Crippen molar-refractivity contribution in [1.82, 2.24) is 14.8 Å². The van der Waals surface area contributed by atoms with Crippen molar-refractivity contribution in [2.24, 2.45) is 0 Å². The largest absolute Gasteiger partial charge is 0.377 e. The van der Waals surface area contributed by atoms with Crippen molar-refractivity contribution < 1.29 is 9.47 Å². The third kappa shape index (κ3) is 4.48. The van der Waals surface area contributed by atoms with Crippen molar-refractivity contribution in [3.05, 3.63) is 38.5 Å². The van der Waals surface area contributed by atoms with Gasteiger partial charge in [0.1, 0.15) is 5.60 Å². The van der Waals surface area contributed by atoms with E-state index in [1.54, 1.807) is 22.7 Å². The summed E-state index contributed by atoms with van der Waals surface area (Å²) in [7, 11) is 0. The molecule has 2 aromatic heterocycles. The van der Waals surface area contributed by atoms with Crippen molar-refractivity contribution in [3.8, 4) is 0 Å². The van der Waals surface area contributed by atoms with Crippen LogP contribution in [0.5, 0.6) is 0 Å². The van der Waals surface area contributed by atoms with Crippen molar-refractivity contribution in [2.45, 2.75) is 25.6 Å². The fourth-order valence-corrected chi connectivity index (χ4v) is 4.97. The van der Waals surface area contributed by atoms with E-state index in [2.05, 4.69) is 43.9 Å². The number of morpholine rings is 1. The van der Waals surface area contributed by atoms with E-state index in [9.17, 15) is 0 Å². The number of hydrogen-bond acceptors (Lipinski definition) is 7. The highest BCUT2D eigenvalue weighted by Gasteiger charge is 2.40. The number of rotatable bonds is 4. The van der Waals surface area contributed by atoms with Crippen molar-refractivity contribution in [2.75, 3.05) is 46.0 Å². The smallest absolute Gasteiger partial charge is 0.117 e. The van der Waals surface area contributed by atoms with Gasteiger partial charge in [-0.15, -0.1) is 11.3 Å². The molecule has 0 aromatic carbocycles. The third-order valence-electron chi connectivity index (χ3n) is 4.79. The van der Waals surface area contributed by atoms with E-state index in [-0.39, 0.29) is 5.60 Å². The predicted molar refractivity (Wildman–Crippen MR) is 101 cm³/mol. The number of aromatic nitrogens is 1. The van der Waals surface area contributed by atoms with Crippen LogP contribution in [0, 0.1) is 6.92 Å². The van der Waals surface area contributed by atoms with E-state index in [0.29, 0.717) is 6.61 Å². The number of thiazole rings is 1. The molecular weight excluding hydrogens is 354 g/mol. The summed E-state index contributed by atoms with van der Waals surface area (Å²) >= 11 is 3.49. The van der Waals surface area contributed by atoms with Crippen LogP contribution >= 0.6 is 22.7 Å². The van der Waals surface area contributed by atoms with Gasteiger partial charge in [0.05, 0.1) is 30.5 Å². The molecule has 4 rings (SSSR count). The Balaban J connectivity index is 1.43. The topological polar surface area (TPSA) is 37.8 Å². The lowest BCUT2D eigenvalue weighted by atomic mass is 10.0. The zero-order valence-corrected chi connectivity index (χ0v) is 16.3. The Hall–Kier alpha value is -0.830. The highest BCUT2D eigenvalue weighted by atomic mass is 32.1. The molecule has 4 heterocycles. The first kappa shape index (κ1) is 17.6. The lowest BCUT2D eigenvalue weighted by Crippen LogP contribution is -2.58. The molecule has 25 heavy (non-hydrogen) atoms. The Morgan fingerprint density at radius 1 is 1.16 bits per heavy atom.